The van der Waals surface area contributed by atoms with Gasteiger partial charge >= 0.3 is 0 Å². The zero-order valence-electron chi connectivity index (χ0n) is 10.6. The second kappa shape index (κ2) is 6.84. The third-order valence-corrected chi connectivity index (χ3v) is 3.27. The molecule has 1 amide bonds. The zero-order chi connectivity index (χ0) is 13.1. The molecule has 1 aromatic carbocycles. The van der Waals surface area contributed by atoms with Crippen LogP contribution in [-0.4, -0.2) is 36.8 Å². The summed E-state index contributed by atoms with van der Waals surface area (Å²) in [7, 11) is 0. The van der Waals surface area contributed by atoms with E-state index >= 15 is 0 Å². The van der Waals surface area contributed by atoms with Crippen LogP contribution in [0.3, 0.4) is 0 Å². The summed E-state index contributed by atoms with van der Waals surface area (Å²) in [6.07, 6.45) is -0.432. The maximum Gasteiger partial charge on any atom is 0.251 e. The van der Waals surface area contributed by atoms with E-state index in [2.05, 4.69) is 10.6 Å². The van der Waals surface area contributed by atoms with E-state index < -0.39 is 11.9 Å². The third-order valence-electron chi connectivity index (χ3n) is 3.27. The van der Waals surface area contributed by atoms with E-state index in [1.807, 2.05) is 0 Å². The van der Waals surface area contributed by atoms with Gasteiger partial charge in [-0.25, -0.2) is 4.39 Å². The molecule has 1 fully saturated rings. The van der Waals surface area contributed by atoms with Crippen LogP contribution in [0.25, 0.3) is 0 Å². The number of aryl methyl sites for hydroxylation is 1. The van der Waals surface area contributed by atoms with Gasteiger partial charge in [0.25, 0.3) is 5.91 Å². The molecular weight excluding hydrogens is 271 g/mol. The Morgan fingerprint density at radius 3 is 2.89 bits per heavy atom. The second-order valence-electron chi connectivity index (χ2n) is 4.65. The molecule has 6 heteroatoms. The van der Waals surface area contributed by atoms with Gasteiger partial charge in [0, 0.05) is 31.1 Å². The van der Waals surface area contributed by atoms with Gasteiger partial charge in [0.15, 0.2) is 0 Å². The van der Waals surface area contributed by atoms with Crippen molar-refractivity contribution in [2.24, 2.45) is 5.92 Å². The van der Waals surface area contributed by atoms with E-state index in [-0.39, 0.29) is 24.2 Å². The minimum atomic E-state index is -0.432. The maximum atomic E-state index is 13.1. The highest BCUT2D eigenvalue weighted by atomic mass is 35.5. The third kappa shape index (κ3) is 3.89. The van der Waals surface area contributed by atoms with Crippen molar-refractivity contribution in [2.45, 2.75) is 13.0 Å². The van der Waals surface area contributed by atoms with E-state index in [1.54, 1.807) is 13.0 Å². The van der Waals surface area contributed by atoms with Crippen molar-refractivity contribution in [3.63, 3.8) is 0 Å². The molecule has 3 N–H and O–H groups in total. The van der Waals surface area contributed by atoms with Gasteiger partial charge in [-0.2, -0.15) is 0 Å². The predicted octanol–water partition coefficient (Wildman–Crippen LogP) is 0.866. The molecule has 19 heavy (non-hydrogen) atoms. The summed E-state index contributed by atoms with van der Waals surface area (Å²) in [4.78, 5) is 11.9. The SMILES string of the molecule is Cc1ccc(F)cc1C(=O)NCC1CNCC1O.Cl. The molecule has 0 spiro atoms. The topological polar surface area (TPSA) is 61.4 Å². The van der Waals surface area contributed by atoms with Crippen LogP contribution in [0, 0.1) is 18.7 Å². The molecule has 4 nitrogen and oxygen atoms in total. The monoisotopic (exact) mass is 288 g/mol. The van der Waals surface area contributed by atoms with E-state index in [1.165, 1.54) is 12.1 Å². The van der Waals surface area contributed by atoms with Gasteiger partial charge in [0.2, 0.25) is 0 Å². The summed E-state index contributed by atoms with van der Waals surface area (Å²) < 4.78 is 13.1. The summed E-state index contributed by atoms with van der Waals surface area (Å²) in [5, 5.41) is 15.4. The standard InChI is InChI=1S/C13H17FN2O2.ClH/c1-8-2-3-10(14)4-11(8)13(18)16-6-9-5-15-7-12(9)17;/h2-4,9,12,15,17H,5-7H2,1H3,(H,16,18);1H. The fraction of sp³-hybridized carbons (Fsp3) is 0.462. The number of β-amino-alcohol motifs (C(OH)–C–C–N with tert-alkyl or cyclic N) is 1. The molecule has 0 radical (unpaired) electrons. The molecule has 2 rings (SSSR count). The van der Waals surface area contributed by atoms with Gasteiger partial charge in [-0.1, -0.05) is 6.07 Å². The molecule has 0 saturated carbocycles. The zero-order valence-corrected chi connectivity index (χ0v) is 11.5. The first-order valence-electron chi connectivity index (χ1n) is 6.01. The average Bonchev–Trinajstić information content (AvgIpc) is 2.75. The molecule has 1 saturated heterocycles. The van der Waals surface area contributed by atoms with Crippen LogP contribution in [0.2, 0.25) is 0 Å². The summed E-state index contributed by atoms with van der Waals surface area (Å²) in [6.45, 7) is 3.40. The number of hydrogen-bond donors (Lipinski definition) is 3. The highest BCUT2D eigenvalue weighted by molar-refractivity contribution is 5.95. The molecule has 1 aliphatic heterocycles. The lowest BCUT2D eigenvalue weighted by molar-refractivity contribution is 0.0926. The first kappa shape index (κ1) is 15.9. The summed E-state index contributed by atoms with van der Waals surface area (Å²) in [5.41, 5.74) is 1.08. The Labute approximate surface area is 117 Å². The number of benzene rings is 1. The van der Waals surface area contributed by atoms with Crippen LogP contribution in [0.15, 0.2) is 18.2 Å². The molecule has 2 unspecified atom stereocenters. The highest BCUT2D eigenvalue weighted by Gasteiger charge is 2.25. The number of rotatable bonds is 3. The van der Waals surface area contributed by atoms with Crippen molar-refractivity contribution < 1.29 is 14.3 Å². The number of halogens is 2. The van der Waals surface area contributed by atoms with E-state index in [9.17, 15) is 14.3 Å². The van der Waals surface area contributed by atoms with Crippen LogP contribution in [-0.2, 0) is 0 Å². The van der Waals surface area contributed by atoms with Gasteiger partial charge in [-0.15, -0.1) is 12.4 Å². The molecule has 0 aromatic heterocycles. The fourth-order valence-corrected chi connectivity index (χ4v) is 2.09. The first-order chi connectivity index (χ1) is 8.58. The van der Waals surface area contributed by atoms with Crippen LogP contribution in [0.5, 0.6) is 0 Å². The van der Waals surface area contributed by atoms with E-state index in [0.29, 0.717) is 25.2 Å². The summed E-state index contributed by atoms with van der Waals surface area (Å²) >= 11 is 0. The van der Waals surface area contributed by atoms with Crippen LogP contribution < -0.4 is 10.6 Å². The normalized spacial score (nSPS) is 21.8. The Hall–Kier alpha value is -1.17. The van der Waals surface area contributed by atoms with Crippen LogP contribution in [0.4, 0.5) is 4.39 Å². The van der Waals surface area contributed by atoms with Gasteiger partial charge in [-0.05, 0) is 24.6 Å². The summed E-state index contributed by atoms with van der Waals surface area (Å²) in [6, 6.07) is 4.14. The van der Waals surface area contributed by atoms with Crippen molar-refractivity contribution >= 4 is 18.3 Å². The van der Waals surface area contributed by atoms with Crippen LogP contribution in [0.1, 0.15) is 15.9 Å². The molecule has 2 atom stereocenters. The van der Waals surface area contributed by atoms with Crippen molar-refractivity contribution in [3.8, 4) is 0 Å². The van der Waals surface area contributed by atoms with Crippen LogP contribution >= 0.6 is 12.4 Å². The van der Waals surface area contributed by atoms with Crippen molar-refractivity contribution in [1.29, 1.82) is 0 Å². The summed E-state index contributed by atoms with van der Waals surface area (Å²) in [5.74, 6) is -0.706. The van der Waals surface area contributed by atoms with Gasteiger partial charge in [0.05, 0.1) is 6.10 Å². The average molecular weight is 289 g/mol. The lowest BCUT2D eigenvalue weighted by atomic mass is 10.1. The molecule has 1 heterocycles. The molecule has 0 aliphatic carbocycles. The number of aliphatic hydroxyl groups is 1. The molecule has 106 valence electrons. The quantitative estimate of drug-likeness (QED) is 0.773. The Morgan fingerprint density at radius 2 is 2.26 bits per heavy atom. The Bertz CT molecular complexity index is 456. The Morgan fingerprint density at radius 1 is 1.53 bits per heavy atom. The largest absolute Gasteiger partial charge is 0.391 e. The Balaban J connectivity index is 0.00000180. The number of carbonyl (C=O) groups excluding carboxylic acids is 1. The van der Waals surface area contributed by atoms with E-state index in [0.717, 1.165) is 5.56 Å². The van der Waals surface area contributed by atoms with Gasteiger partial charge in [0.1, 0.15) is 5.82 Å². The number of amides is 1. The van der Waals surface area contributed by atoms with Crippen molar-refractivity contribution in [3.05, 3.63) is 35.1 Å². The first-order valence-corrected chi connectivity index (χ1v) is 6.01. The molecular formula is C13H18ClFN2O2. The number of hydrogen-bond acceptors (Lipinski definition) is 3. The minimum Gasteiger partial charge on any atom is -0.391 e. The number of carbonyl (C=O) groups is 1. The molecule has 0 bridgehead atoms. The Kier molecular flexibility index (Phi) is 5.72. The van der Waals surface area contributed by atoms with Gasteiger partial charge in [-0.3, -0.25) is 4.79 Å². The van der Waals surface area contributed by atoms with E-state index in [4.69, 9.17) is 0 Å². The predicted molar refractivity (Wildman–Crippen MR) is 73.1 cm³/mol. The van der Waals surface area contributed by atoms with Crippen molar-refractivity contribution in [2.75, 3.05) is 19.6 Å². The minimum absolute atomic E-state index is 0. The van der Waals surface area contributed by atoms with Crippen molar-refractivity contribution in [1.82, 2.24) is 10.6 Å². The maximum absolute atomic E-state index is 13.1. The highest BCUT2D eigenvalue weighted by Crippen LogP contribution is 2.11. The second-order valence-corrected chi connectivity index (χ2v) is 4.65. The molecule has 1 aromatic rings. The lowest BCUT2D eigenvalue weighted by Gasteiger charge is -2.14. The number of aliphatic hydroxyl groups excluding tert-OH is 1. The molecule has 1 aliphatic rings. The van der Waals surface area contributed by atoms with Gasteiger partial charge < -0.3 is 15.7 Å². The fourth-order valence-electron chi connectivity index (χ4n) is 2.09. The number of nitrogens with one attached hydrogen (secondary N) is 2. The smallest absolute Gasteiger partial charge is 0.251 e. The lowest BCUT2D eigenvalue weighted by Crippen LogP contribution is -2.34.